The first kappa shape index (κ1) is 24.0. The SMILES string of the molecule is CCCCCCCCCCOC(=O)C(CCCC)NC(=O)OCCCl. The molecule has 0 saturated carbocycles. The molecule has 0 aliphatic carbocycles. The molecule has 0 spiro atoms. The second kappa shape index (κ2) is 17.8. The molecule has 0 aromatic heterocycles. The van der Waals surface area contributed by atoms with Gasteiger partial charge in [-0.15, -0.1) is 11.6 Å². The molecule has 0 saturated heterocycles. The maximum Gasteiger partial charge on any atom is 0.407 e. The van der Waals surface area contributed by atoms with Gasteiger partial charge in [-0.25, -0.2) is 9.59 Å². The Labute approximate surface area is 158 Å². The van der Waals surface area contributed by atoms with Crippen LogP contribution in [0.15, 0.2) is 0 Å². The number of ether oxygens (including phenoxy) is 2. The summed E-state index contributed by atoms with van der Waals surface area (Å²) in [6.45, 7) is 4.79. The highest BCUT2D eigenvalue weighted by molar-refractivity contribution is 6.18. The Morgan fingerprint density at radius 3 is 2.04 bits per heavy atom. The number of esters is 1. The Morgan fingerprint density at radius 1 is 0.840 bits per heavy atom. The Morgan fingerprint density at radius 2 is 1.44 bits per heavy atom. The lowest BCUT2D eigenvalue weighted by Crippen LogP contribution is -2.42. The van der Waals surface area contributed by atoms with E-state index in [1.807, 2.05) is 6.92 Å². The summed E-state index contributed by atoms with van der Waals surface area (Å²) in [6.07, 6.45) is 11.3. The highest BCUT2D eigenvalue weighted by atomic mass is 35.5. The largest absolute Gasteiger partial charge is 0.464 e. The molecular formula is C19H36ClNO4. The van der Waals surface area contributed by atoms with Crippen LogP contribution in [0.5, 0.6) is 0 Å². The third-order valence-corrected chi connectivity index (χ3v) is 4.13. The number of carbonyl (C=O) groups is 2. The normalized spacial score (nSPS) is 11.8. The highest BCUT2D eigenvalue weighted by Gasteiger charge is 2.22. The Hall–Kier alpha value is -0.970. The summed E-state index contributed by atoms with van der Waals surface area (Å²) in [5.41, 5.74) is 0. The molecule has 0 aromatic carbocycles. The molecule has 0 fully saturated rings. The van der Waals surface area contributed by atoms with Crippen LogP contribution in [0.2, 0.25) is 0 Å². The van der Waals surface area contributed by atoms with Crippen molar-refractivity contribution >= 4 is 23.7 Å². The summed E-state index contributed by atoms with van der Waals surface area (Å²) in [5.74, 6) is -0.144. The van der Waals surface area contributed by atoms with Gasteiger partial charge in [0.25, 0.3) is 0 Å². The van der Waals surface area contributed by atoms with Gasteiger partial charge in [0.2, 0.25) is 0 Å². The molecule has 25 heavy (non-hydrogen) atoms. The molecule has 6 heteroatoms. The van der Waals surface area contributed by atoms with Gasteiger partial charge in [-0.1, -0.05) is 71.6 Å². The number of amides is 1. The third-order valence-electron chi connectivity index (χ3n) is 3.98. The van der Waals surface area contributed by atoms with Crippen LogP contribution < -0.4 is 5.32 Å². The van der Waals surface area contributed by atoms with Gasteiger partial charge in [0.05, 0.1) is 12.5 Å². The monoisotopic (exact) mass is 377 g/mol. The van der Waals surface area contributed by atoms with Gasteiger partial charge >= 0.3 is 12.1 Å². The van der Waals surface area contributed by atoms with Gasteiger partial charge in [0, 0.05) is 0 Å². The van der Waals surface area contributed by atoms with Gasteiger partial charge in [0.1, 0.15) is 12.6 Å². The van der Waals surface area contributed by atoms with Crippen LogP contribution in [0.1, 0.15) is 84.5 Å². The number of alkyl carbamates (subject to hydrolysis) is 1. The molecule has 0 aliphatic heterocycles. The van der Waals surface area contributed by atoms with Crippen LogP contribution in [-0.4, -0.2) is 37.2 Å². The van der Waals surface area contributed by atoms with Gasteiger partial charge in [-0.2, -0.15) is 0 Å². The van der Waals surface area contributed by atoms with Gasteiger partial charge in [0.15, 0.2) is 0 Å². The Bertz CT molecular complexity index is 339. The second-order valence-corrected chi connectivity index (χ2v) is 6.68. The summed E-state index contributed by atoms with van der Waals surface area (Å²) in [6, 6.07) is -0.642. The van der Waals surface area contributed by atoms with E-state index in [-0.39, 0.29) is 18.5 Å². The van der Waals surface area contributed by atoms with Crippen molar-refractivity contribution in [2.75, 3.05) is 19.1 Å². The molecule has 0 bridgehead atoms. The van der Waals surface area contributed by atoms with Gasteiger partial charge in [-0.3, -0.25) is 0 Å². The minimum atomic E-state index is -0.642. The summed E-state index contributed by atoms with van der Waals surface area (Å²) in [4.78, 5) is 23.8. The fourth-order valence-corrected chi connectivity index (χ4v) is 2.56. The maximum atomic E-state index is 12.1. The van der Waals surface area contributed by atoms with E-state index in [0.717, 1.165) is 25.7 Å². The van der Waals surface area contributed by atoms with Crippen molar-refractivity contribution in [3.05, 3.63) is 0 Å². The minimum Gasteiger partial charge on any atom is -0.464 e. The standard InChI is InChI=1S/C19H36ClNO4/c1-3-5-7-8-9-10-11-12-15-24-18(22)17(13-6-4-2)21-19(23)25-16-14-20/h17H,3-16H2,1-2H3,(H,21,23). The number of alkyl halides is 1. The summed E-state index contributed by atoms with van der Waals surface area (Å²) < 4.78 is 10.2. The van der Waals surface area contributed by atoms with E-state index >= 15 is 0 Å². The Balaban J connectivity index is 3.91. The number of hydrogen-bond acceptors (Lipinski definition) is 4. The molecule has 1 N–H and O–H groups in total. The zero-order chi connectivity index (χ0) is 18.8. The van der Waals surface area contributed by atoms with Crippen molar-refractivity contribution < 1.29 is 19.1 Å². The molecule has 148 valence electrons. The first-order chi connectivity index (χ1) is 12.2. The zero-order valence-electron chi connectivity index (χ0n) is 16.0. The molecular weight excluding hydrogens is 342 g/mol. The van der Waals surface area contributed by atoms with Crippen molar-refractivity contribution in [3.63, 3.8) is 0 Å². The van der Waals surface area contributed by atoms with E-state index < -0.39 is 12.1 Å². The van der Waals surface area contributed by atoms with Crippen LogP contribution in [-0.2, 0) is 14.3 Å². The van der Waals surface area contributed by atoms with Gasteiger partial charge in [-0.05, 0) is 12.8 Å². The third kappa shape index (κ3) is 15.0. The summed E-state index contributed by atoms with van der Waals surface area (Å²) in [7, 11) is 0. The van der Waals surface area contributed by atoms with Crippen molar-refractivity contribution in [3.8, 4) is 0 Å². The maximum absolute atomic E-state index is 12.1. The minimum absolute atomic E-state index is 0.126. The topological polar surface area (TPSA) is 64.6 Å². The number of unbranched alkanes of at least 4 members (excludes halogenated alkanes) is 8. The van der Waals surface area contributed by atoms with E-state index in [4.69, 9.17) is 21.1 Å². The molecule has 0 heterocycles. The van der Waals surface area contributed by atoms with Crippen molar-refractivity contribution in [1.82, 2.24) is 5.32 Å². The molecule has 1 atom stereocenters. The average molecular weight is 378 g/mol. The first-order valence-corrected chi connectivity index (χ1v) is 10.3. The van der Waals surface area contributed by atoms with Crippen molar-refractivity contribution in [1.29, 1.82) is 0 Å². The molecule has 0 rings (SSSR count). The second-order valence-electron chi connectivity index (χ2n) is 6.31. The van der Waals surface area contributed by atoms with Crippen molar-refractivity contribution in [2.24, 2.45) is 0 Å². The van der Waals surface area contributed by atoms with E-state index in [2.05, 4.69) is 12.2 Å². The molecule has 5 nitrogen and oxygen atoms in total. The quantitative estimate of drug-likeness (QED) is 0.228. The van der Waals surface area contributed by atoms with E-state index in [0.29, 0.717) is 13.0 Å². The lowest BCUT2D eigenvalue weighted by molar-refractivity contribution is -0.146. The fourth-order valence-electron chi connectivity index (χ4n) is 2.48. The predicted molar refractivity (Wildman–Crippen MR) is 102 cm³/mol. The number of hydrogen-bond donors (Lipinski definition) is 1. The van der Waals surface area contributed by atoms with Gasteiger partial charge < -0.3 is 14.8 Å². The van der Waals surface area contributed by atoms with Crippen LogP contribution in [0.25, 0.3) is 0 Å². The lowest BCUT2D eigenvalue weighted by atomic mass is 10.1. The van der Waals surface area contributed by atoms with Crippen molar-refractivity contribution in [2.45, 2.75) is 90.5 Å². The number of rotatable bonds is 16. The number of halogens is 1. The molecule has 0 aromatic rings. The summed E-state index contributed by atoms with van der Waals surface area (Å²) in [5, 5.41) is 2.57. The fraction of sp³-hybridized carbons (Fsp3) is 0.895. The van der Waals surface area contributed by atoms with E-state index in [9.17, 15) is 9.59 Å². The smallest absolute Gasteiger partial charge is 0.407 e. The lowest BCUT2D eigenvalue weighted by Gasteiger charge is -2.17. The molecule has 0 radical (unpaired) electrons. The van der Waals surface area contributed by atoms with Crippen LogP contribution in [0.4, 0.5) is 4.79 Å². The van der Waals surface area contributed by atoms with E-state index in [1.54, 1.807) is 0 Å². The number of carbonyl (C=O) groups excluding carboxylic acids is 2. The van der Waals surface area contributed by atoms with E-state index in [1.165, 1.54) is 38.5 Å². The molecule has 1 unspecified atom stereocenters. The van der Waals surface area contributed by atoms with Crippen LogP contribution in [0.3, 0.4) is 0 Å². The zero-order valence-corrected chi connectivity index (χ0v) is 16.7. The molecule has 1 amide bonds. The predicted octanol–water partition coefficient (Wildman–Crippen LogP) is 5.19. The molecule has 0 aliphatic rings. The van der Waals surface area contributed by atoms with Crippen LogP contribution >= 0.6 is 11.6 Å². The van der Waals surface area contributed by atoms with Crippen LogP contribution in [0, 0.1) is 0 Å². The highest BCUT2D eigenvalue weighted by Crippen LogP contribution is 2.09. The first-order valence-electron chi connectivity index (χ1n) is 9.81. The average Bonchev–Trinajstić information content (AvgIpc) is 2.61. The number of nitrogens with one attached hydrogen (secondary N) is 1. The Kier molecular flexibility index (Phi) is 17.1. The summed E-state index contributed by atoms with van der Waals surface area (Å²) >= 11 is 5.48.